The average Bonchev–Trinajstić information content (AvgIpc) is 2.96. The second-order valence-electron chi connectivity index (χ2n) is 4.78. The first-order chi connectivity index (χ1) is 10.2. The lowest BCUT2D eigenvalue weighted by molar-refractivity contribution is 0.392. The number of ether oxygens (including phenoxy) is 2. The van der Waals surface area contributed by atoms with E-state index in [4.69, 9.17) is 15.3 Å². The van der Waals surface area contributed by atoms with Crippen LogP contribution in [0.5, 0.6) is 11.5 Å². The predicted octanol–water partition coefficient (Wildman–Crippen LogP) is 1.86. The van der Waals surface area contributed by atoms with Crippen molar-refractivity contribution in [3.05, 3.63) is 41.7 Å². The van der Waals surface area contributed by atoms with E-state index in [2.05, 4.69) is 17.4 Å². The Morgan fingerprint density at radius 1 is 1.19 bits per heavy atom. The van der Waals surface area contributed by atoms with Crippen LogP contribution in [0.1, 0.15) is 30.5 Å². The first-order valence-electron chi connectivity index (χ1n) is 6.93. The van der Waals surface area contributed by atoms with E-state index in [1.165, 1.54) is 0 Å². The van der Waals surface area contributed by atoms with Crippen molar-refractivity contribution in [1.29, 1.82) is 0 Å². The van der Waals surface area contributed by atoms with Crippen molar-refractivity contribution in [2.75, 3.05) is 14.2 Å². The first-order valence-corrected chi connectivity index (χ1v) is 6.93. The van der Waals surface area contributed by atoms with E-state index in [1.54, 1.807) is 14.2 Å². The summed E-state index contributed by atoms with van der Waals surface area (Å²) in [6.07, 6.45) is 4.86. The lowest BCUT2D eigenvalue weighted by Crippen LogP contribution is -2.28. The summed E-state index contributed by atoms with van der Waals surface area (Å²) in [5, 5.41) is 4.34. The summed E-state index contributed by atoms with van der Waals surface area (Å²) in [5.41, 5.74) is 4.79. The Morgan fingerprint density at radius 2 is 1.86 bits per heavy atom. The minimum atomic E-state index is -0.167. The zero-order chi connectivity index (χ0) is 15.2. The Labute approximate surface area is 124 Å². The van der Waals surface area contributed by atoms with Gasteiger partial charge in [-0.15, -0.1) is 0 Å². The molecule has 1 heterocycles. The Balaban J connectivity index is 2.35. The number of benzene rings is 1. The monoisotopic (exact) mass is 290 g/mol. The standard InChI is InChI=1S/C15H22N4O2/c1-4-5-19-10-12(9-17-19)15(18-16)11-6-13(20-2)8-14(7-11)21-3/h6-10,15,18H,4-5,16H2,1-3H3. The molecule has 6 nitrogen and oxygen atoms in total. The Hall–Kier alpha value is -2.05. The number of hydrogen-bond donors (Lipinski definition) is 2. The van der Waals surface area contributed by atoms with Crippen molar-refractivity contribution >= 4 is 0 Å². The van der Waals surface area contributed by atoms with E-state index in [1.807, 2.05) is 35.3 Å². The quantitative estimate of drug-likeness (QED) is 0.601. The van der Waals surface area contributed by atoms with Crippen LogP contribution >= 0.6 is 0 Å². The molecule has 3 N–H and O–H groups in total. The molecule has 114 valence electrons. The van der Waals surface area contributed by atoms with Gasteiger partial charge in [0, 0.05) is 24.4 Å². The van der Waals surface area contributed by atoms with Gasteiger partial charge in [-0.25, -0.2) is 5.43 Å². The largest absolute Gasteiger partial charge is 0.497 e. The van der Waals surface area contributed by atoms with Gasteiger partial charge in [-0.05, 0) is 24.1 Å². The van der Waals surface area contributed by atoms with Crippen LogP contribution < -0.4 is 20.7 Å². The minimum absolute atomic E-state index is 0.167. The normalized spacial score (nSPS) is 12.2. The van der Waals surface area contributed by atoms with Crippen LogP contribution in [0.4, 0.5) is 0 Å². The molecule has 0 saturated heterocycles. The molecule has 0 bridgehead atoms. The lowest BCUT2D eigenvalue weighted by atomic mass is 10.0. The van der Waals surface area contributed by atoms with Gasteiger partial charge in [-0.1, -0.05) is 6.92 Å². The van der Waals surface area contributed by atoms with Gasteiger partial charge < -0.3 is 9.47 Å². The van der Waals surface area contributed by atoms with Gasteiger partial charge in [-0.2, -0.15) is 5.10 Å². The molecule has 21 heavy (non-hydrogen) atoms. The van der Waals surface area contributed by atoms with E-state index in [0.717, 1.165) is 35.6 Å². The SMILES string of the molecule is CCCn1cc(C(NN)c2cc(OC)cc(OC)c2)cn1. The topological polar surface area (TPSA) is 74.3 Å². The molecule has 1 atom stereocenters. The van der Waals surface area contributed by atoms with Crippen LogP contribution in [0.3, 0.4) is 0 Å². The van der Waals surface area contributed by atoms with Gasteiger partial charge in [0.25, 0.3) is 0 Å². The highest BCUT2D eigenvalue weighted by atomic mass is 16.5. The molecule has 1 unspecified atom stereocenters. The maximum Gasteiger partial charge on any atom is 0.122 e. The number of nitrogens with one attached hydrogen (secondary N) is 1. The second-order valence-corrected chi connectivity index (χ2v) is 4.78. The van der Waals surface area contributed by atoms with E-state index in [-0.39, 0.29) is 6.04 Å². The number of hydrogen-bond acceptors (Lipinski definition) is 5. The summed E-state index contributed by atoms with van der Waals surface area (Å²) in [5.74, 6) is 7.19. The van der Waals surface area contributed by atoms with Gasteiger partial charge in [-0.3, -0.25) is 10.5 Å². The minimum Gasteiger partial charge on any atom is -0.497 e. The molecule has 1 aromatic carbocycles. The second kappa shape index (κ2) is 7.10. The van der Waals surface area contributed by atoms with Crippen molar-refractivity contribution in [2.24, 2.45) is 5.84 Å². The van der Waals surface area contributed by atoms with Crippen LogP contribution in [0.25, 0.3) is 0 Å². The van der Waals surface area contributed by atoms with Crippen molar-refractivity contribution in [1.82, 2.24) is 15.2 Å². The van der Waals surface area contributed by atoms with Gasteiger partial charge in [0.1, 0.15) is 11.5 Å². The van der Waals surface area contributed by atoms with Crippen LogP contribution in [-0.2, 0) is 6.54 Å². The molecule has 1 aromatic heterocycles. The molecule has 2 aromatic rings. The third kappa shape index (κ3) is 3.53. The summed E-state index contributed by atoms with van der Waals surface area (Å²) >= 11 is 0. The van der Waals surface area contributed by atoms with E-state index < -0.39 is 0 Å². The van der Waals surface area contributed by atoms with Gasteiger partial charge >= 0.3 is 0 Å². The van der Waals surface area contributed by atoms with Gasteiger partial charge in [0.05, 0.1) is 26.5 Å². The predicted molar refractivity (Wildman–Crippen MR) is 81.2 cm³/mol. The number of rotatable bonds is 7. The Morgan fingerprint density at radius 3 is 2.38 bits per heavy atom. The molecule has 2 rings (SSSR count). The zero-order valence-electron chi connectivity index (χ0n) is 12.7. The van der Waals surface area contributed by atoms with Crippen LogP contribution in [0, 0.1) is 0 Å². The van der Waals surface area contributed by atoms with Crippen molar-refractivity contribution in [3.63, 3.8) is 0 Å². The number of nitrogens with two attached hydrogens (primary N) is 1. The maximum atomic E-state index is 5.73. The summed E-state index contributed by atoms with van der Waals surface area (Å²) in [6, 6.07) is 5.53. The molecule has 6 heteroatoms. The van der Waals surface area contributed by atoms with E-state index >= 15 is 0 Å². The van der Waals surface area contributed by atoms with Gasteiger partial charge in [0.2, 0.25) is 0 Å². The summed E-state index contributed by atoms with van der Waals surface area (Å²) in [7, 11) is 3.26. The van der Waals surface area contributed by atoms with Crippen LogP contribution in [0.2, 0.25) is 0 Å². The number of aromatic nitrogens is 2. The van der Waals surface area contributed by atoms with Crippen molar-refractivity contribution in [3.8, 4) is 11.5 Å². The summed E-state index contributed by atoms with van der Waals surface area (Å²) < 4.78 is 12.5. The average molecular weight is 290 g/mol. The number of nitrogens with zero attached hydrogens (tertiary/aromatic N) is 2. The lowest BCUT2D eigenvalue weighted by Gasteiger charge is -2.17. The molecule has 0 aliphatic rings. The van der Waals surface area contributed by atoms with Gasteiger partial charge in [0.15, 0.2) is 0 Å². The van der Waals surface area contributed by atoms with Crippen LogP contribution in [0.15, 0.2) is 30.6 Å². The molecule has 0 radical (unpaired) electrons. The molecular weight excluding hydrogens is 268 g/mol. The highest BCUT2D eigenvalue weighted by Gasteiger charge is 2.16. The molecule has 0 aliphatic carbocycles. The first kappa shape index (κ1) is 15.3. The fourth-order valence-electron chi connectivity index (χ4n) is 2.26. The maximum absolute atomic E-state index is 5.73. The Bertz CT molecular complexity index is 561. The Kier molecular flexibility index (Phi) is 5.19. The third-order valence-electron chi connectivity index (χ3n) is 3.31. The smallest absolute Gasteiger partial charge is 0.122 e. The van der Waals surface area contributed by atoms with Crippen molar-refractivity contribution < 1.29 is 9.47 Å². The summed E-state index contributed by atoms with van der Waals surface area (Å²) in [4.78, 5) is 0. The molecule has 0 fully saturated rings. The van der Waals surface area contributed by atoms with Crippen LogP contribution in [-0.4, -0.2) is 24.0 Å². The molecule has 0 amide bonds. The molecule has 0 saturated carbocycles. The zero-order valence-corrected chi connectivity index (χ0v) is 12.7. The van der Waals surface area contributed by atoms with Crippen molar-refractivity contribution in [2.45, 2.75) is 25.9 Å². The molecule has 0 aliphatic heterocycles. The highest BCUT2D eigenvalue weighted by Crippen LogP contribution is 2.29. The fourth-order valence-corrected chi connectivity index (χ4v) is 2.26. The number of hydrazine groups is 1. The number of aryl methyl sites for hydroxylation is 1. The third-order valence-corrected chi connectivity index (χ3v) is 3.31. The number of methoxy groups -OCH3 is 2. The molecular formula is C15H22N4O2. The molecule has 0 spiro atoms. The highest BCUT2D eigenvalue weighted by molar-refractivity contribution is 5.42. The van der Waals surface area contributed by atoms with E-state index in [9.17, 15) is 0 Å². The summed E-state index contributed by atoms with van der Waals surface area (Å²) in [6.45, 7) is 3.01. The fraction of sp³-hybridized carbons (Fsp3) is 0.400. The van der Waals surface area contributed by atoms with E-state index in [0.29, 0.717) is 0 Å².